The van der Waals surface area contributed by atoms with Crippen LogP contribution in [0.5, 0.6) is 0 Å². The summed E-state index contributed by atoms with van der Waals surface area (Å²) >= 11 is 0. The summed E-state index contributed by atoms with van der Waals surface area (Å²) in [5.41, 5.74) is 3.58. The van der Waals surface area contributed by atoms with Crippen LogP contribution in [0, 0.1) is 0 Å². The Labute approximate surface area is 149 Å². The summed E-state index contributed by atoms with van der Waals surface area (Å²) in [6.45, 7) is 0.854. The Kier molecular flexibility index (Phi) is 3.21. The summed E-state index contributed by atoms with van der Waals surface area (Å²) in [4.78, 5) is 16.8. The van der Waals surface area contributed by atoms with Crippen LogP contribution >= 0.6 is 0 Å². The molecule has 2 atom stereocenters. The van der Waals surface area contributed by atoms with E-state index in [9.17, 15) is 9.90 Å². The van der Waals surface area contributed by atoms with Gasteiger partial charge in [-0.15, -0.1) is 0 Å². The molecule has 0 saturated carbocycles. The number of nitrogens with one attached hydrogen (secondary N) is 2. The Hall–Kier alpha value is -3.05. The average molecular weight is 346 g/mol. The highest BCUT2D eigenvalue weighted by atomic mass is 16.5. The lowest BCUT2D eigenvalue weighted by atomic mass is 9.92. The number of methoxy groups -OCH3 is 1. The highest BCUT2D eigenvalue weighted by Crippen LogP contribution is 2.30. The Balaban J connectivity index is 1.81. The summed E-state index contributed by atoms with van der Waals surface area (Å²) in [5, 5.41) is 15.9. The highest BCUT2D eigenvalue weighted by molar-refractivity contribution is 5.90. The molecule has 5 rings (SSSR count). The van der Waals surface area contributed by atoms with Crippen LogP contribution in [0.15, 0.2) is 42.5 Å². The Morgan fingerprint density at radius 1 is 1.23 bits per heavy atom. The second-order valence-corrected chi connectivity index (χ2v) is 6.84. The lowest BCUT2D eigenvalue weighted by molar-refractivity contribution is -0.850. The molecule has 0 spiro atoms. The molecular formula is C21H18N2O3. The van der Waals surface area contributed by atoms with E-state index in [2.05, 4.69) is 17.3 Å². The van der Waals surface area contributed by atoms with Crippen molar-refractivity contribution in [3.05, 3.63) is 69.7 Å². The maximum atomic E-state index is 13.5. The molecule has 2 unspecified atom stereocenters. The van der Waals surface area contributed by atoms with Gasteiger partial charge in [0.2, 0.25) is 0 Å². The minimum absolute atomic E-state index is 0.0222. The van der Waals surface area contributed by atoms with Crippen molar-refractivity contribution < 1.29 is 19.5 Å². The highest BCUT2D eigenvalue weighted by Gasteiger charge is 2.35. The zero-order valence-electron chi connectivity index (χ0n) is 14.3. The first-order valence-corrected chi connectivity index (χ1v) is 8.74. The van der Waals surface area contributed by atoms with Gasteiger partial charge in [-0.1, -0.05) is 30.0 Å². The SMILES string of the molecule is COC(=O)c1cccc2c1=C([O-])C1c3[nH]c4ccccc4c3CC[NH+]1C=2. The second kappa shape index (κ2) is 5.47. The van der Waals surface area contributed by atoms with E-state index < -0.39 is 5.97 Å². The fourth-order valence-electron chi connectivity index (χ4n) is 4.38. The number of hydrogen-bond donors (Lipinski definition) is 2. The van der Waals surface area contributed by atoms with Crippen molar-refractivity contribution in [1.82, 2.24) is 4.98 Å². The molecule has 2 aromatic carbocycles. The van der Waals surface area contributed by atoms with Crippen molar-refractivity contribution >= 4 is 28.8 Å². The minimum Gasteiger partial charge on any atom is -0.871 e. The third kappa shape index (κ3) is 1.98. The van der Waals surface area contributed by atoms with Crippen molar-refractivity contribution in [3.63, 3.8) is 0 Å². The lowest BCUT2D eigenvalue weighted by Gasteiger charge is -2.36. The Morgan fingerprint density at radius 3 is 2.92 bits per heavy atom. The van der Waals surface area contributed by atoms with Gasteiger partial charge in [-0.25, -0.2) is 4.79 Å². The van der Waals surface area contributed by atoms with Crippen molar-refractivity contribution in [1.29, 1.82) is 0 Å². The fraction of sp³-hybridized carbons (Fsp3) is 0.190. The molecule has 2 N–H and O–H groups in total. The zero-order chi connectivity index (χ0) is 17.8. The standard InChI is InChI=1S/C21H18N2O3/c1-26-21(25)15-7-4-5-12-11-23-10-9-14-13-6-2-3-8-16(13)22-18(14)19(23)20(24)17(12)15/h2-8,11,19,22,24H,9-10H2,1H3. The second-order valence-electron chi connectivity index (χ2n) is 6.84. The van der Waals surface area contributed by atoms with Crippen LogP contribution in [0.4, 0.5) is 0 Å². The van der Waals surface area contributed by atoms with Gasteiger partial charge < -0.3 is 14.8 Å². The van der Waals surface area contributed by atoms with Crippen molar-refractivity contribution in [2.75, 3.05) is 13.7 Å². The number of fused-ring (bicyclic) bond motifs is 6. The first kappa shape index (κ1) is 15.2. The summed E-state index contributed by atoms with van der Waals surface area (Å²) in [7, 11) is 1.34. The Bertz CT molecular complexity index is 1180. The molecule has 2 aliphatic rings. The average Bonchev–Trinajstić information content (AvgIpc) is 3.05. The molecule has 3 aromatic rings. The van der Waals surface area contributed by atoms with Crippen molar-refractivity contribution in [2.45, 2.75) is 12.5 Å². The summed E-state index contributed by atoms with van der Waals surface area (Å²) in [6, 6.07) is 13.2. The smallest absolute Gasteiger partial charge is 0.338 e. The predicted molar refractivity (Wildman–Crippen MR) is 95.5 cm³/mol. The largest absolute Gasteiger partial charge is 0.871 e. The van der Waals surface area contributed by atoms with E-state index in [1.165, 1.54) is 18.1 Å². The predicted octanol–water partition coefficient (Wildman–Crippen LogP) is -0.643. The number of aromatic amines is 1. The van der Waals surface area contributed by atoms with Gasteiger partial charge in [0.05, 0.1) is 24.9 Å². The lowest BCUT2D eigenvalue weighted by Crippen LogP contribution is -3.10. The number of aromatic nitrogens is 1. The van der Waals surface area contributed by atoms with Crippen LogP contribution in [-0.2, 0) is 11.2 Å². The number of rotatable bonds is 1. The molecule has 2 aliphatic heterocycles. The van der Waals surface area contributed by atoms with Gasteiger partial charge in [0.15, 0.2) is 0 Å². The van der Waals surface area contributed by atoms with E-state index in [1.807, 2.05) is 24.3 Å². The summed E-state index contributed by atoms with van der Waals surface area (Å²) < 4.78 is 4.88. The van der Waals surface area contributed by atoms with Gasteiger partial charge in [0.25, 0.3) is 0 Å². The number of ether oxygens (including phenoxy) is 1. The first-order chi connectivity index (χ1) is 12.7. The van der Waals surface area contributed by atoms with Crippen LogP contribution < -0.4 is 20.4 Å². The van der Waals surface area contributed by atoms with Crippen LogP contribution in [-0.4, -0.2) is 24.6 Å². The number of esters is 1. The first-order valence-electron chi connectivity index (χ1n) is 8.74. The van der Waals surface area contributed by atoms with E-state index in [-0.39, 0.29) is 11.8 Å². The van der Waals surface area contributed by atoms with Crippen LogP contribution in [0.3, 0.4) is 0 Å². The van der Waals surface area contributed by atoms with E-state index in [4.69, 9.17) is 4.74 Å². The van der Waals surface area contributed by atoms with Gasteiger partial charge >= 0.3 is 5.97 Å². The minimum atomic E-state index is -0.472. The summed E-state index contributed by atoms with van der Waals surface area (Å²) in [6.07, 6.45) is 2.99. The number of para-hydroxylation sites is 1. The number of carbonyl (C=O) groups is 1. The van der Waals surface area contributed by atoms with Gasteiger partial charge in [0.1, 0.15) is 12.2 Å². The van der Waals surface area contributed by atoms with Gasteiger partial charge in [-0.2, -0.15) is 0 Å². The number of benzene rings is 2. The molecule has 5 nitrogen and oxygen atoms in total. The molecule has 0 radical (unpaired) electrons. The molecule has 0 aliphatic carbocycles. The molecular weight excluding hydrogens is 328 g/mol. The molecule has 0 fully saturated rings. The van der Waals surface area contributed by atoms with E-state index in [0.29, 0.717) is 10.8 Å². The van der Waals surface area contributed by atoms with Crippen LogP contribution in [0.2, 0.25) is 0 Å². The van der Waals surface area contributed by atoms with Crippen molar-refractivity contribution in [3.8, 4) is 0 Å². The van der Waals surface area contributed by atoms with Gasteiger partial charge in [0, 0.05) is 22.5 Å². The number of hydrogen-bond acceptors (Lipinski definition) is 3. The number of quaternary nitrogens is 1. The summed E-state index contributed by atoms with van der Waals surface area (Å²) in [5.74, 6) is -0.495. The molecule has 26 heavy (non-hydrogen) atoms. The van der Waals surface area contributed by atoms with E-state index >= 15 is 0 Å². The van der Waals surface area contributed by atoms with Crippen LogP contribution in [0.25, 0.3) is 22.9 Å². The van der Waals surface area contributed by atoms with Crippen LogP contribution in [0.1, 0.15) is 27.7 Å². The normalized spacial score (nSPS) is 20.7. The maximum absolute atomic E-state index is 13.5. The molecule has 5 heteroatoms. The van der Waals surface area contributed by atoms with E-state index in [0.717, 1.165) is 34.3 Å². The quantitative estimate of drug-likeness (QED) is 0.576. The van der Waals surface area contributed by atoms with Crippen molar-refractivity contribution in [2.24, 2.45) is 0 Å². The third-order valence-electron chi connectivity index (χ3n) is 5.52. The molecule has 1 aromatic heterocycles. The molecule has 0 amide bonds. The topological polar surface area (TPSA) is 69.6 Å². The zero-order valence-corrected chi connectivity index (χ0v) is 14.3. The third-order valence-corrected chi connectivity index (χ3v) is 5.52. The van der Waals surface area contributed by atoms with E-state index in [1.54, 1.807) is 12.1 Å². The van der Waals surface area contributed by atoms with Gasteiger partial charge in [-0.05, 0) is 29.0 Å². The molecule has 0 bridgehead atoms. The van der Waals surface area contributed by atoms with Gasteiger partial charge in [-0.3, -0.25) is 4.90 Å². The number of H-pyrrole nitrogens is 1. The molecule has 0 saturated heterocycles. The number of carbonyl (C=O) groups excluding carboxylic acids is 1. The molecule has 130 valence electrons. The Morgan fingerprint density at radius 2 is 2.08 bits per heavy atom. The maximum Gasteiger partial charge on any atom is 0.338 e. The fourth-order valence-corrected chi connectivity index (χ4v) is 4.38. The molecule has 3 heterocycles. The monoisotopic (exact) mass is 346 g/mol.